The van der Waals surface area contributed by atoms with E-state index in [0.29, 0.717) is 23.3 Å². The van der Waals surface area contributed by atoms with Crippen LogP contribution < -0.4 is 10.4 Å². The number of hydrogen-bond acceptors (Lipinski definition) is 6. The second-order valence-corrected chi connectivity index (χ2v) is 10.7. The van der Waals surface area contributed by atoms with Gasteiger partial charge in [0.2, 0.25) is 0 Å². The molecule has 6 nitrogen and oxygen atoms in total. The summed E-state index contributed by atoms with van der Waals surface area (Å²) in [6, 6.07) is 11.4. The van der Waals surface area contributed by atoms with Gasteiger partial charge in [0.15, 0.2) is 5.78 Å². The molecule has 0 N–H and O–H groups in total. The summed E-state index contributed by atoms with van der Waals surface area (Å²) >= 11 is 0. The van der Waals surface area contributed by atoms with E-state index in [0.717, 1.165) is 73.4 Å². The number of piperazine rings is 1. The van der Waals surface area contributed by atoms with Gasteiger partial charge in [0.25, 0.3) is 0 Å². The van der Waals surface area contributed by atoms with E-state index in [4.69, 9.17) is 9.15 Å². The van der Waals surface area contributed by atoms with Crippen molar-refractivity contribution in [3.8, 4) is 5.75 Å². The van der Waals surface area contributed by atoms with Crippen LogP contribution in [-0.2, 0) is 12.8 Å². The van der Waals surface area contributed by atoms with Crippen molar-refractivity contribution in [2.45, 2.75) is 47.0 Å². The molecular weight excluding hydrogens is 476 g/mol. The molecule has 38 heavy (non-hydrogen) atoms. The molecule has 1 fully saturated rings. The Kier molecular flexibility index (Phi) is 9.18. The topological polar surface area (TPSA) is 63.0 Å². The zero-order chi connectivity index (χ0) is 27.2. The van der Waals surface area contributed by atoms with Crippen molar-refractivity contribution in [3.63, 3.8) is 0 Å². The number of allylic oxidation sites excluding steroid dienone is 2. The second kappa shape index (κ2) is 12.5. The Labute approximate surface area is 225 Å². The van der Waals surface area contributed by atoms with Gasteiger partial charge in [-0.05, 0) is 83.0 Å². The van der Waals surface area contributed by atoms with Gasteiger partial charge in [0.05, 0.1) is 6.61 Å². The molecule has 1 aliphatic rings. The minimum Gasteiger partial charge on any atom is -0.493 e. The molecule has 0 amide bonds. The number of likely N-dealkylation sites (N-methyl/N-ethyl adjacent to an activating group) is 1. The maximum absolute atomic E-state index is 13.1. The predicted octanol–water partition coefficient (Wildman–Crippen LogP) is 5.36. The van der Waals surface area contributed by atoms with Crippen molar-refractivity contribution in [1.29, 1.82) is 0 Å². The molecule has 1 aliphatic heterocycles. The fourth-order valence-electron chi connectivity index (χ4n) is 4.82. The number of fused-ring (bicyclic) bond motifs is 1. The molecule has 0 atom stereocenters. The molecule has 6 heteroatoms. The zero-order valence-electron chi connectivity index (χ0n) is 23.4. The third kappa shape index (κ3) is 7.00. The lowest BCUT2D eigenvalue weighted by Crippen LogP contribution is -2.44. The van der Waals surface area contributed by atoms with Crippen LogP contribution in [0.2, 0.25) is 0 Å². The van der Waals surface area contributed by atoms with E-state index in [9.17, 15) is 9.59 Å². The number of benzene rings is 2. The lowest BCUT2D eigenvalue weighted by atomic mass is 9.97. The van der Waals surface area contributed by atoms with Crippen LogP contribution in [0.3, 0.4) is 0 Å². The molecule has 0 saturated carbocycles. The second-order valence-electron chi connectivity index (χ2n) is 10.7. The molecule has 202 valence electrons. The van der Waals surface area contributed by atoms with Crippen LogP contribution in [-0.4, -0.2) is 62.0 Å². The number of Topliss-reactive ketones (excluding diaryl/α,β-unsaturated/α-hetero) is 1. The normalized spacial score (nSPS) is 14.6. The van der Waals surface area contributed by atoms with Gasteiger partial charge in [-0.3, -0.25) is 4.79 Å². The number of aryl methyl sites for hydroxylation is 2. The molecule has 2 aromatic carbocycles. The van der Waals surface area contributed by atoms with Crippen molar-refractivity contribution in [3.05, 3.63) is 86.3 Å². The van der Waals surface area contributed by atoms with Crippen LogP contribution in [0, 0.1) is 13.8 Å². The third-order valence-corrected chi connectivity index (χ3v) is 7.40. The molecule has 4 rings (SSSR count). The zero-order valence-corrected chi connectivity index (χ0v) is 23.4. The SMILES string of the molecule is CC(C)=CCc1cc(C(=O)Cc2cc3ccc(OCCCN4CCN(C)CC4)c(C)c3oc2=O)ccc1C. The summed E-state index contributed by atoms with van der Waals surface area (Å²) in [7, 11) is 2.16. The van der Waals surface area contributed by atoms with E-state index in [2.05, 4.69) is 36.8 Å². The molecule has 0 spiro atoms. The summed E-state index contributed by atoms with van der Waals surface area (Å²) in [4.78, 5) is 30.7. The minimum atomic E-state index is -0.474. The van der Waals surface area contributed by atoms with Gasteiger partial charge in [-0.15, -0.1) is 0 Å². The fraction of sp³-hybridized carbons (Fsp3) is 0.438. The number of ketones is 1. The smallest absolute Gasteiger partial charge is 0.339 e. The lowest BCUT2D eigenvalue weighted by Gasteiger charge is -2.32. The summed E-state index contributed by atoms with van der Waals surface area (Å²) in [6.07, 6.45) is 3.89. The van der Waals surface area contributed by atoms with Crippen LogP contribution in [0.15, 0.2) is 57.3 Å². The van der Waals surface area contributed by atoms with Gasteiger partial charge in [0, 0.05) is 61.2 Å². The van der Waals surface area contributed by atoms with Gasteiger partial charge in [-0.1, -0.05) is 23.8 Å². The number of nitrogens with zero attached hydrogens (tertiary/aromatic N) is 2. The summed E-state index contributed by atoms with van der Waals surface area (Å²) in [5, 5.41) is 0.794. The highest BCUT2D eigenvalue weighted by atomic mass is 16.5. The summed E-state index contributed by atoms with van der Waals surface area (Å²) < 4.78 is 11.8. The maximum atomic E-state index is 13.1. The highest BCUT2D eigenvalue weighted by molar-refractivity contribution is 5.98. The molecule has 0 unspecified atom stereocenters. The summed E-state index contributed by atoms with van der Waals surface area (Å²) in [5.41, 5.74) is 5.34. The Morgan fingerprint density at radius 1 is 1.03 bits per heavy atom. The molecule has 0 aliphatic carbocycles. The largest absolute Gasteiger partial charge is 0.493 e. The van der Waals surface area contributed by atoms with Crippen molar-refractivity contribution in [1.82, 2.24) is 9.80 Å². The number of carbonyl (C=O) groups excluding carboxylic acids is 1. The monoisotopic (exact) mass is 516 g/mol. The molecule has 2 heterocycles. The minimum absolute atomic E-state index is 0.00695. The molecule has 1 aromatic heterocycles. The van der Waals surface area contributed by atoms with E-state index < -0.39 is 5.63 Å². The van der Waals surface area contributed by atoms with Gasteiger partial charge >= 0.3 is 5.63 Å². The van der Waals surface area contributed by atoms with Crippen molar-refractivity contribution >= 4 is 16.8 Å². The van der Waals surface area contributed by atoms with Gasteiger partial charge in [-0.25, -0.2) is 4.79 Å². The van der Waals surface area contributed by atoms with E-state index in [-0.39, 0.29) is 12.2 Å². The number of ether oxygens (including phenoxy) is 1. The molecule has 1 saturated heterocycles. The summed E-state index contributed by atoms with van der Waals surface area (Å²) in [5.74, 6) is 0.638. The fourth-order valence-corrected chi connectivity index (χ4v) is 4.82. The van der Waals surface area contributed by atoms with Crippen LogP contribution >= 0.6 is 0 Å². The first kappa shape index (κ1) is 27.8. The van der Waals surface area contributed by atoms with Crippen LogP contribution in [0.5, 0.6) is 5.75 Å². The first-order chi connectivity index (χ1) is 18.2. The number of rotatable bonds is 10. The summed E-state index contributed by atoms with van der Waals surface area (Å²) in [6.45, 7) is 14.1. The molecule has 3 aromatic rings. The molecule has 0 bridgehead atoms. The first-order valence-corrected chi connectivity index (χ1v) is 13.6. The van der Waals surface area contributed by atoms with Gasteiger partial charge < -0.3 is 19.0 Å². The maximum Gasteiger partial charge on any atom is 0.339 e. The molecule has 0 radical (unpaired) electrons. The van der Waals surface area contributed by atoms with Crippen LogP contribution in [0.4, 0.5) is 0 Å². The quantitative estimate of drug-likeness (QED) is 0.156. The Bertz CT molecular complexity index is 1380. The Morgan fingerprint density at radius 3 is 2.53 bits per heavy atom. The third-order valence-electron chi connectivity index (χ3n) is 7.40. The standard InChI is InChI=1S/C32H40N2O4/c1-22(2)7-9-25-19-26(10-8-23(25)3)29(35)21-28-20-27-11-12-30(24(4)31(27)38-32(28)36)37-18-6-13-34-16-14-33(5)15-17-34/h7-8,10-12,19-20H,6,9,13-18,21H2,1-5H3. The average molecular weight is 517 g/mol. The lowest BCUT2D eigenvalue weighted by molar-refractivity contribution is 0.0992. The van der Waals surface area contributed by atoms with Crippen LogP contribution in [0.1, 0.15) is 52.9 Å². The Morgan fingerprint density at radius 2 is 1.79 bits per heavy atom. The highest BCUT2D eigenvalue weighted by Crippen LogP contribution is 2.27. The first-order valence-electron chi connectivity index (χ1n) is 13.6. The van der Waals surface area contributed by atoms with E-state index in [1.165, 1.54) is 5.57 Å². The molecular formula is C32H40N2O4. The number of hydrogen-bond donors (Lipinski definition) is 0. The van der Waals surface area contributed by atoms with Gasteiger partial charge in [-0.2, -0.15) is 0 Å². The van der Waals surface area contributed by atoms with Crippen molar-refractivity contribution in [2.75, 3.05) is 46.4 Å². The van der Waals surface area contributed by atoms with E-state index >= 15 is 0 Å². The van der Waals surface area contributed by atoms with E-state index in [1.54, 1.807) is 6.07 Å². The average Bonchev–Trinajstić information content (AvgIpc) is 2.89. The van der Waals surface area contributed by atoms with Crippen molar-refractivity contribution < 1.29 is 13.9 Å². The highest BCUT2D eigenvalue weighted by Gasteiger charge is 2.16. The van der Waals surface area contributed by atoms with Crippen molar-refractivity contribution in [2.24, 2.45) is 0 Å². The number of carbonyl (C=O) groups is 1. The van der Waals surface area contributed by atoms with E-state index in [1.807, 2.05) is 44.2 Å². The Balaban J connectivity index is 1.42. The van der Waals surface area contributed by atoms with Crippen LogP contribution in [0.25, 0.3) is 11.0 Å². The predicted molar refractivity (Wildman–Crippen MR) is 154 cm³/mol. The Hall–Kier alpha value is -3.22. The van der Waals surface area contributed by atoms with Gasteiger partial charge in [0.1, 0.15) is 11.3 Å².